The van der Waals surface area contributed by atoms with Crippen molar-refractivity contribution in [3.8, 4) is 0 Å². The predicted octanol–water partition coefficient (Wildman–Crippen LogP) is 0.745. The summed E-state index contributed by atoms with van der Waals surface area (Å²) in [4.78, 5) is 21.3. The molecule has 1 amide bonds. The van der Waals surface area contributed by atoms with Crippen LogP contribution in [0.25, 0.3) is 0 Å². The van der Waals surface area contributed by atoms with Crippen LogP contribution in [0.2, 0.25) is 0 Å². The lowest BCUT2D eigenvalue weighted by Gasteiger charge is -2.38. The van der Waals surface area contributed by atoms with Crippen molar-refractivity contribution in [2.24, 2.45) is 18.0 Å². The first kappa shape index (κ1) is 25.9. The number of nitrogens with one attached hydrogen (secondary N) is 2. The normalized spacial score (nSPS) is 19.9. The van der Waals surface area contributed by atoms with Gasteiger partial charge in [-0.1, -0.05) is 6.42 Å². The molecule has 0 radical (unpaired) electrons. The van der Waals surface area contributed by atoms with Crippen LogP contribution >= 0.6 is 24.0 Å². The highest BCUT2D eigenvalue weighted by atomic mass is 127. The Bertz CT molecular complexity index is 725. The fourth-order valence-corrected chi connectivity index (χ4v) is 3.80. The number of hydrogen-bond donors (Lipinski definition) is 3. The first-order valence-electron chi connectivity index (χ1n) is 11.1. The quantitative estimate of drug-likeness (QED) is 0.253. The minimum atomic E-state index is -1.07. The maximum absolute atomic E-state index is 12.4. The molecule has 0 bridgehead atoms. The number of nitrogens with zero attached hydrogens (tertiary/aromatic N) is 5. The summed E-state index contributed by atoms with van der Waals surface area (Å²) in [5.74, 6) is 1.35. The Morgan fingerprint density at radius 1 is 1.29 bits per heavy atom. The molecule has 1 aliphatic carbocycles. The zero-order chi connectivity index (χ0) is 21.6. The van der Waals surface area contributed by atoms with Gasteiger partial charge >= 0.3 is 0 Å². The molecule has 1 atom stereocenters. The van der Waals surface area contributed by atoms with Crippen molar-refractivity contribution in [3.63, 3.8) is 0 Å². The standard InChI is InChI=1S/C21H37N7O2.HI/c1-4-22-20(24-16-21(2,30)18-14-25-26(3)15-18)23-8-9-27-10-12-28(13-11-27)19(29)17-6-5-7-17;/h14-15,17,30H,4-13,16H2,1-3H3,(H2,22,23,24);1H. The Kier molecular flexibility index (Phi) is 10.0. The highest BCUT2D eigenvalue weighted by Crippen LogP contribution is 2.28. The fourth-order valence-electron chi connectivity index (χ4n) is 3.80. The van der Waals surface area contributed by atoms with E-state index in [0.717, 1.165) is 64.2 Å². The van der Waals surface area contributed by atoms with Crippen LogP contribution in [-0.4, -0.2) is 88.9 Å². The number of aromatic nitrogens is 2. The Morgan fingerprint density at radius 3 is 2.55 bits per heavy atom. The number of carbonyl (C=O) groups is 1. The lowest BCUT2D eigenvalue weighted by molar-refractivity contribution is -0.139. The number of guanidine groups is 1. The SMILES string of the molecule is CCNC(=NCC(C)(O)c1cnn(C)c1)NCCN1CCN(C(=O)C2CCC2)CC1.I. The minimum Gasteiger partial charge on any atom is -0.383 e. The van der Waals surface area contributed by atoms with Crippen LogP contribution in [0.15, 0.2) is 17.4 Å². The van der Waals surface area contributed by atoms with E-state index in [1.165, 1.54) is 6.42 Å². The molecule has 2 aliphatic rings. The average molecular weight is 547 g/mol. The van der Waals surface area contributed by atoms with Crippen molar-refractivity contribution in [1.82, 2.24) is 30.2 Å². The van der Waals surface area contributed by atoms with Gasteiger partial charge in [0.2, 0.25) is 5.91 Å². The van der Waals surface area contributed by atoms with Crippen molar-refractivity contribution in [2.75, 3.05) is 52.4 Å². The van der Waals surface area contributed by atoms with Gasteiger partial charge < -0.3 is 20.6 Å². The van der Waals surface area contributed by atoms with Gasteiger partial charge in [0.1, 0.15) is 5.60 Å². The molecule has 10 heteroatoms. The predicted molar refractivity (Wildman–Crippen MR) is 133 cm³/mol. The topological polar surface area (TPSA) is 98.0 Å². The molecule has 1 aromatic rings. The second-order valence-corrected chi connectivity index (χ2v) is 8.59. The highest BCUT2D eigenvalue weighted by molar-refractivity contribution is 14.0. The van der Waals surface area contributed by atoms with Gasteiger partial charge in [-0.25, -0.2) is 4.99 Å². The Hall–Kier alpha value is -1.40. The van der Waals surface area contributed by atoms with Gasteiger partial charge in [-0.3, -0.25) is 14.4 Å². The van der Waals surface area contributed by atoms with Crippen LogP contribution in [-0.2, 0) is 17.4 Å². The maximum Gasteiger partial charge on any atom is 0.225 e. The first-order chi connectivity index (χ1) is 14.4. The lowest BCUT2D eigenvalue weighted by Crippen LogP contribution is -2.52. The Balaban J connectivity index is 0.00000341. The van der Waals surface area contributed by atoms with Gasteiger partial charge in [-0.05, 0) is 26.7 Å². The van der Waals surface area contributed by atoms with E-state index < -0.39 is 5.60 Å². The van der Waals surface area contributed by atoms with Crippen molar-refractivity contribution in [1.29, 1.82) is 0 Å². The van der Waals surface area contributed by atoms with Crippen LogP contribution in [0.5, 0.6) is 0 Å². The van der Waals surface area contributed by atoms with Crippen molar-refractivity contribution < 1.29 is 9.90 Å². The summed E-state index contributed by atoms with van der Waals surface area (Å²) in [5, 5.41) is 21.4. The number of piperazine rings is 1. The Morgan fingerprint density at radius 2 is 2.00 bits per heavy atom. The average Bonchev–Trinajstić information content (AvgIpc) is 3.13. The Labute approximate surface area is 202 Å². The maximum atomic E-state index is 12.4. The molecule has 3 N–H and O–H groups in total. The third-order valence-corrected chi connectivity index (χ3v) is 6.07. The molecular formula is C21H38IN7O2. The first-order valence-corrected chi connectivity index (χ1v) is 11.1. The summed E-state index contributed by atoms with van der Waals surface area (Å²) < 4.78 is 1.68. The molecule has 176 valence electrons. The number of aliphatic hydroxyl groups is 1. The minimum absolute atomic E-state index is 0. The van der Waals surface area contributed by atoms with Crippen molar-refractivity contribution >= 4 is 35.8 Å². The summed E-state index contributed by atoms with van der Waals surface area (Å²) in [7, 11) is 1.83. The zero-order valence-corrected chi connectivity index (χ0v) is 21.3. The van der Waals surface area contributed by atoms with E-state index in [1.807, 2.05) is 25.1 Å². The van der Waals surface area contributed by atoms with Gasteiger partial charge in [0.15, 0.2) is 5.96 Å². The molecule has 1 saturated heterocycles. The van der Waals surface area contributed by atoms with Crippen LogP contribution in [0.4, 0.5) is 0 Å². The van der Waals surface area contributed by atoms with Crippen molar-refractivity contribution in [2.45, 2.75) is 38.7 Å². The van der Waals surface area contributed by atoms with E-state index in [9.17, 15) is 9.90 Å². The summed E-state index contributed by atoms with van der Waals surface area (Å²) in [6.07, 6.45) is 6.83. The van der Waals surface area contributed by atoms with E-state index in [-0.39, 0.29) is 30.5 Å². The van der Waals surface area contributed by atoms with Crippen LogP contribution < -0.4 is 10.6 Å². The largest absolute Gasteiger partial charge is 0.383 e. The van der Waals surface area contributed by atoms with Gasteiger partial charge in [-0.15, -0.1) is 24.0 Å². The number of aliphatic imine (C=N–C) groups is 1. The van der Waals surface area contributed by atoms with Gasteiger partial charge in [0, 0.05) is 70.5 Å². The molecule has 1 aliphatic heterocycles. The third-order valence-electron chi connectivity index (χ3n) is 6.07. The van der Waals surface area contributed by atoms with Crippen LogP contribution in [0.1, 0.15) is 38.7 Å². The van der Waals surface area contributed by atoms with Crippen LogP contribution in [0.3, 0.4) is 0 Å². The van der Waals surface area contributed by atoms with E-state index in [4.69, 9.17) is 0 Å². The number of rotatable bonds is 8. The smallest absolute Gasteiger partial charge is 0.225 e. The number of carbonyl (C=O) groups excluding carboxylic acids is 1. The molecule has 9 nitrogen and oxygen atoms in total. The second-order valence-electron chi connectivity index (χ2n) is 8.59. The lowest BCUT2D eigenvalue weighted by atomic mass is 9.84. The molecular weight excluding hydrogens is 509 g/mol. The fraction of sp³-hybridized carbons (Fsp3) is 0.762. The summed E-state index contributed by atoms with van der Waals surface area (Å²) in [6.45, 7) is 9.93. The second kappa shape index (κ2) is 12.0. The van der Waals surface area contributed by atoms with Gasteiger partial charge in [-0.2, -0.15) is 5.10 Å². The van der Waals surface area contributed by atoms with Gasteiger partial charge in [0.25, 0.3) is 0 Å². The van der Waals surface area contributed by atoms with Crippen molar-refractivity contribution in [3.05, 3.63) is 18.0 Å². The molecule has 2 fully saturated rings. The number of aryl methyl sites for hydroxylation is 1. The molecule has 0 spiro atoms. The molecule has 0 aromatic carbocycles. The molecule has 1 unspecified atom stereocenters. The molecule has 1 aromatic heterocycles. The summed E-state index contributed by atoms with van der Waals surface area (Å²) in [5.41, 5.74) is -0.321. The summed E-state index contributed by atoms with van der Waals surface area (Å²) >= 11 is 0. The highest BCUT2D eigenvalue weighted by Gasteiger charge is 2.31. The van der Waals surface area contributed by atoms with E-state index >= 15 is 0 Å². The third kappa shape index (κ3) is 7.31. The van der Waals surface area contributed by atoms with E-state index in [0.29, 0.717) is 17.8 Å². The van der Waals surface area contributed by atoms with E-state index in [2.05, 4.69) is 25.6 Å². The summed E-state index contributed by atoms with van der Waals surface area (Å²) in [6, 6.07) is 0. The number of hydrogen-bond acceptors (Lipinski definition) is 5. The zero-order valence-electron chi connectivity index (χ0n) is 19.0. The van der Waals surface area contributed by atoms with Gasteiger partial charge in [0.05, 0.1) is 12.7 Å². The number of amides is 1. The molecule has 1 saturated carbocycles. The number of halogens is 1. The molecule has 2 heterocycles. The van der Waals surface area contributed by atoms with Crippen LogP contribution in [0, 0.1) is 5.92 Å². The molecule has 31 heavy (non-hydrogen) atoms. The monoisotopic (exact) mass is 547 g/mol. The molecule has 3 rings (SSSR count). The van der Waals surface area contributed by atoms with E-state index in [1.54, 1.807) is 17.8 Å².